The molecule has 1 aliphatic heterocycles. The third-order valence-corrected chi connectivity index (χ3v) is 6.45. The van der Waals surface area contributed by atoms with Crippen LogP contribution >= 0.6 is 11.6 Å². The molecule has 12 nitrogen and oxygen atoms in total. The lowest BCUT2D eigenvalue weighted by Crippen LogP contribution is -2.56. The fourth-order valence-corrected chi connectivity index (χ4v) is 4.00. The first-order chi connectivity index (χ1) is 20.3. The summed E-state index contributed by atoms with van der Waals surface area (Å²) in [6.45, 7) is 6.97. The Hall–Kier alpha value is -3.87. The largest absolute Gasteiger partial charge is 0.453 e. The third kappa shape index (κ3) is 9.06. The van der Waals surface area contributed by atoms with E-state index in [1.54, 1.807) is 64.1 Å². The van der Waals surface area contributed by atoms with Gasteiger partial charge >= 0.3 is 29.7 Å². The van der Waals surface area contributed by atoms with E-state index >= 15 is 0 Å². The Morgan fingerprint density at radius 2 is 1.42 bits per heavy atom. The van der Waals surface area contributed by atoms with E-state index in [0.29, 0.717) is 17.0 Å². The van der Waals surface area contributed by atoms with Crippen LogP contribution in [0, 0.1) is 11.8 Å². The summed E-state index contributed by atoms with van der Waals surface area (Å²) >= 11 is 6.01. The van der Waals surface area contributed by atoms with Crippen molar-refractivity contribution in [1.29, 1.82) is 0 Å². The van der Waals surface area contributed by atoms with Crippen LogP contribution < -0.4 is 14.8 Å². The van der Waals surface area contributed by atoms with E-state index < -0.39 is 61.2 Å². The standard InChI is InChI=1S/C30H36ClNO11/c1-17(2)26(34)38-15-40-28(36)30(29(37)41-16-39-27(35)18(3)4)42-24-10-9-20(12-25(24)43-30)11-19(5)32-14-23(33)21-7-6-8-22(31)13-21/h6-10,12-13,17-19,23,32-33H,11,14-16H2,1-5H3/t19-,23+/m1/s1. The second kappa shape index (κ2) is 15.0. The lowest BCUT2D eigenvalue weighted by Gasteiger charge is -2.23. The molecule has 0 unspecified atom stereocenters. The van der Waals surface area contributed by atoms with Crippen LogP contribution in [0.5, 0.6) is 11.5 Å². The van der Waals surface area contributed by atoms with Crippen LogP contribution in [0.4, 0.5) is 0 Å². The van der Waals surface area contributed by atoms with Crippen molar-refractivity contribution >= 4 is 35.5 Å². The summed E-state index contributed by atoms with van der Waals surface area (Å²) in [5.74, 6) is -7.54. The molecule has 0 saturated heterocycles. The maximum absolute atomic E-state index is 13.1. The van der Waals surface area contributed by atoms with Gasteiger partial charge in [0.1, 0.15) is 0 Å². The SMILES string of the molecule is CC(C)C(=O)OCOC(=O)C1(C(=O)OCOC(=O)C(C)C)Oc2ccc(C[C@@H](C)NC[C@H](O)c3cccc(Cl)c3)cc2O1. The number of halogens is 1. The average Bonchev–Trinajstić information content (AvgIpc) is 3.35. The van der Waals surface area contributed by atoms with E-state index in [0.717, 1.165) is 5.56 Å². The predicted octanol–water partition coefficient (Wildman–Crippen LogP) is 3.46. The van der Waals surface area contributed by atoms with E-state index in [1.165, 1.54) is 6.07 Å². The molecule has 2 N–H and O–H groups in total. The van der Waals surface area contributed by atoms with Gasteiger partial charge in [-0.25, -0.2) is 9.59 Å². The van der Waals surface area contributed by atoms with Gasteiger partial charge in [-0.05, 0) is 48.7 Å². The van der Waals surface area contributed by atoms with Crippen LogP contribution in [-0.4, -0.2) is 60.9 Å². The van der Waals surface area contributed by atoms with Crippen molar-refractivity contribution in [3.63, 3.8) is 0 Å². The summed E-state index contributed by atoms with van der Waals surface area (Å²) in [4.78, 5) is 49.6. The Morgan fingerprint density at radius 1 is 0.837 bits per heavy atom. The second-order valence-corrected chi connectivity index (χ2v) is 11.0. The number of rotatable bonds is 14. The van der Waals surface area contributed by atoms with E-state index in [1.807, 2.05) is 6.92 Å². The minimum atomic E-state index is -2.74. The van der Waals surface area contributed by atoms with Gasteiger partial charge in [0, 0.05) is 17.6 Å². The molecule has 43 heavy (non-hydrogen) atoms. The third-order valence-electron chi connectivity index (χ3n) is 6.21. The Balaban J connectivity index is 1.68. The maximum Gasteiger partial charge on any atom is 0.453 e. The molecule has 0 fully saturated rings. The van der Waals surface area contributed by atoms with Crippen LogP contribution in [0.25, 0.3) is 0 Å². The van der Waals surface area contributed by atoms with Crippen molar-refractivity contribution in [3.8, 4) is 11.5 Å². The number of aliphatic hydroxyl groups is 1. The molecule has 0 bridgehead atoms. The highest BCUT2D eigenvalue weighted by molar-refractivity contribution is 6.30. The quantitative estimate of drug-likeness (QED) is 0.180. The Labute approximate surface area is 254 Å². The number of carbonyl (C=O) groups excluding carboxylic acids is 4. The normalized spacial score (nSPS) is 14.6. The first-order valence-electron chi connectivity index (χ1n) is 13.7. The van der Waals surface area contributed by atoms with Crippen LogP contribution in [0.2, 0.25) is 5.02 Å². The molecule has 1 aliphatic rings. The summed E-state index contributed by atoms with van der Waals surface area (Å²) < 4.78 is 31.0. The predicted molar refractivity (Wildman–Crippen MR) is 152 cm³/mol. The summed E-state index contributed by atoms with van der Waals surface area (Å²) in [7, 11) is 0. The number of fused-ring (bicyclic) bond motifs is 1. The van der Waals surface area contributed by atoms with Crippen molar-refractivity contribution in [2.24, 2.45) is 11.8 Å². The second-order valence-electron chi connectivity index (χ2n) is 10.5. The Bertz CT molecular complexity index is 1270. The van der Waals surface area contributed by atoms with Gasteiger partial charge in [0.25, 0.3) is 0 Å². The van der Waals surface area contributed by atoms with Gasteiger partial charge in [-0.15, -0.1) is 0 Å². The van der Waals surface area contributed by atoms with E-state index in [9.17, 15) is 24.3 Å². The number of carbonyl (C=O) groups is 4. The molecule has 234 valence electrons. The highest BCUT2D eigenvalue weighted by Crippen LogP contribution is 2.41. The van der Waals surface area contributed by atoms with Crippen LogP contribution in [0.3, 0.4) is 0 Å². The fraction of sp³-hybridized carbons (Fsp3) is 0.467. The highest BCUT2D eigenvalue weighted by atomic mass is 35.5. The zero-order valence-corrected chi connectivity index (χ0v) is 25.3. The van der Waals surface area contributed by atoms with Gasteiger partial charge < -0.3 is 38.8 Å². The monoisotopic (exact) mass is 621 g/mol. The van der Waals surface area contributed by atoms with Gasteiger partial charge in [-0.1, -0.05) is 57.5 Å². The number of benzene rings is 2. The zero-order valence-electron chi connectivity index (χ0n) is 24.6. The molecule has 3 rings (SSSR count). The smallest absolute Gasteiger partial charge is 0.431 e. The van der Waals surface area contributed by atoms with Crippen LogP contribution in [0.1, 0.15) is 51.8 Å². The van der Waals surface area contributed by atoms with Gasteiger partial charge in [0.2, 0.25) is 13.6 Å². The molecule has 2 atom stereocenters. The molecule has 0 amide bonds. The number of ether oxygens (including phenoxy) is 6. The number of esters is 4. The minimum absolute atomic E-state index is 0.0491. The van der Waals surface area contributed by atoms with E-state index in [-0.39, 0.29) is 24.1 Å². The zero-order chi connectivity index (χ0) is 31.7. The van der Waals surface area contributed by atoms with Crippen molar-refractivity contribution in [1.82, 2.24) is 5.32 Å². The van der Waals surface area contributed by atoms with Crippen molar-refractivity contribution in [2.45, 2.75) is 59.0 Å². The summed E-state index contributed by atoms with van der Waals surface area (Å²) in [5, 5.41) is 14.3. The maximum atomic E-state index is 13.1. The molecule has 0 radical (unpaired) electrons. The van der Waals surface area contributed by atoms with Crippen molar-refractivity contribution in [2.75, 3.05) is 20.1 Å². The topological polar surface area (TPSA) is 156 Å². The minimum Gasteiger partial charge on any atom is -0.431 e. The van der Waals surface area contributed by atoms with Gasteiger partial charge in [-0.3, -0.25) is 9.59 Å². The molecule has 2 aromatic rings. The average molecular weight is 622 g/mol. The highest BCUT2D eigenvalue weighted by Gasteiger charge is 2.60. The lowest BCUT2D eigenvalue weighted by molar-refractivity contribution is -0.214. The molecule has 2 aromatic carbocycles. The summed E-state index contributed by atoms with van der Waals surface area (Å²) in [5.41, 5.74) is 1.44. The number of hydrogen-bond acceptors (Lipinski definition) is 12. The molecular weight excluding hydrogens is 586 g/mol. The molecule has 13 heteroatoms. The summed E-state index contributed by atoms with van der Waals surface area (Å²) in [6, 6.07) is 11.7. The van der Waals surface area contributed by atoms with Crippen LogP contribution in [-0.2, 0) is 44.5 Å². The van der Waals surface area contributed by atoms with E-state index in [2.05, 4.69) is 5.32 Å². The van der Waals surface area contributed by atoms with Gasteiger partial charge in [0.05, 0.1) is 17.9 Å². The van der Waals surface area contributed by atoms with Gasteiger partial charge in [-0.2, -0.15) is 0 Å². The van der Waals surface area contributed by atoms with Gasteiger partial charge in [0.15, 0.2) is 11.5 Å². The Morgan fingerprint density at radius 3 is 1.98 bits per heavy atom. The number of aliphatic hydroxyl groups excluding tert-OH is 1. The number of hydrogen-bond donors (Lipinski definition) is 2. The lowest BCUT2D eigenvalue weighted by atomic mass is 10.1. The Kier molecular flexibility index (Phi) is 11.8. The number of nitrogens with one attached hydrogen (secondary N) is 1. The molecule has 0 saturated carbocycles. The first kappa shape index (κ1) is 33.6. The summed E-state index contributed by atoms with van der Waals surface area (Å²) in [6.07, 6.45) is -0.285. The van der Waals surface area contributed by atoms with Crippen molar-refractivity contribution < 1.29 is 52.7 Å². The molecule has 1 heterocycles. The van der Waals surface area contributed by atoms with Crippen LogP contribution in [0.15, 0.2) is 42.5 Å². The fourth-order valence-electron chi connectivity index (χ4n) is 3.80. The molecule has 0 spiro atoms. The molecule has 0 aliphatic carbocycles. The van der Waals surface area contributed by atoms with Crippen molar-refractivity contribution in [3.05, 3.63) is 58.6 Å². The molecular formula is C30H36ClNO11. The first-order valence-corrected chi connectivity index (χ1v) is 14.1. The molecule has 0 aromatic heterocycles. The van der Waals surface area contributed by atoms with E-state index in [4.69, 9.17) is 40.0 Å².